The van der Waals surface area contributed by atoms with Crippen LogP contribution >= 0.6 is 11.6 Å². The van der Waals surface area contributed by atoms with Crippen molar-refractivity contribution >= 4 is 28.9 Å². The molecular formula is C16H26ClN3O. The van der Waals surface area contributed by atoms with E-state index in [4.69, 9.17) is 17.3 Å². The number of nitrogens with zero attached hydrogens (tertiary/aromatic N) is 1. The van der Waals surface area contributed by atoms with Crippen molar-refractivity contribution in [3.8, 4) is 0 Å². The molecule has 1 rings (SSSR count). The Morgan fingerprint density at radius 1 is 1.48 bits per heavy atom. The lowest BCUT2D eigenvalue weighted by Gasteiger charge is -2.24. The molecule has 0 aliphatic rings. The summed E-state index contributed by atoms with van der Waals surface area (Å²) in [6.07, 6.45) is 3.69. The molecule has 0 spiro atoms. The van der Waals surface area contributed by atoms with Gasteiger partial charge in [-0.2, -0.15) is 0 Å². The number of nitrogens with one attached hydrogen (secondary N) is 1. The van der Waals surface area contributed by atoms with E-state index in [2.05, 4.69) is 31.1 Å². The maximum atomic E-state index is 11.9. The van der Waals surface area contributed by atoms with Crippen LogP contribution in [0.5, 0.6) is 0 Å². The van der Waals surface area contributed by atoms with Crippen molar-refractivity contribution in [1.29, 1.82) is 0 Å². The number of nitrogen functional groups attached to an aromatic ring is 1. The molecule has 0 bridgehead atoms. The van der Waals surface area contributed by atoms with Crippen LogP contribution in [0.2, 0.25) is 5.02 Å². The number of hydrogen-bond donors (Lipinski definition) is 2. The van der Waals surface area contributed by atoms with E-state index in [9.17, 15) is 4.79 Å². The fourth-order valence-electron chi connectivity index (χ4n) is 2.19. The topological polar surface area (TPSA) is 58.4 Å². The Labute approximate surface area is 132 Å². The van der Waals surface area contributed by atoms with Crippen molar-refractivity contribution in [3.05, 3.63) is 23.2 Å². The Balaban J connectivity index is 2.34. The van der Waals surface area contributed by atoms with Crippen LogP contribution < -0.4 is 11.1 Å². The molecule has 3 N–H and O–H groups in total. The molecule has 1 aromatic carbocycles. The third-order valence-corrected chi connectivity index (χ3v) is 3.95. The maximum absolute atomic E-state index is 11.9. The molecule has 0 aliphatic carbocycles. The lowest BCUT2D eigenvalue weighted by atomic mass is 10.1. The minimum absolute atomic E-state index is 0.0155. The molecule has 0 aromatic heterocycles. The van der Waals surface area contributed by atoms with Gasteiger partial charge in [-0.05, 0) is 51.6 Å². The molecule has 0 aliphatic heterocycles. The number of amides is 1. The smallest absolute Gasteiger partial charge is 0.224 e. The van der Waals surface area contributed by atoms with E-state index in [0.717, 1.165) is 13.0 Å². The van der Waals surface area contributed by atoms with Crippen molar-refractivity contribution < 1.29 is 4.79 Å². The zero-order valence-corrected chi connectivity index (χ0v) is 13.9. The highest BCUT2D eigenvalue weighted by Gasteiger charge is 2.10. The highest BCUT2D eigenvalue weighted by atomic mass is 35.5. The van der Waals surface area contributed by atoms with Crippen molar-refractivity contribution in [1.82, 2.24) is 4.90 Å². The van der Waals surface area contributed by atoms with Gasteiger partial charge in [0, 0.05) is 18.2 Å². The first kappa shape index (κ1) is 17.8. The first-order chi connectivity index (χ1) is 9.93. The Morgan fingerprint density at radius 2 is 2.19 bits per heavy atom. The molecule has 1 amide bonds. The summed E-state index contributed by atoms with van der Waals surface area (Å²) in [5.74, 6) is -0.0155. The molecule has 1 aromatic rings. The van der Waals surface area contributed by atoms with E-state index in [1.807, 2.05) is 0 Å². The van der Waals surface area contributed by atoms with Crippen molar-refractivity contribution in [2.75, 3.05) is 24.6 Å². The highest BCUT2D eigenvalue weighted by Crippen LogP contribution is 2.24. The lowest BCUT2D eigenvalue weighted by molar-refractivity contribution is -0.116. The number of hydrogen-bond acceptors (Lipinski definition) is 3. The Hall–Kier alpha value is -1.26. The number of carbonyl (C=O) groups is 1. The second-order valence-electron chi connectivity index (χ2n) is 5.51. The van der Waals surface area contributed by atoms with E-state index in [1.54, 1.807) is 18.2 Å². The second-order valence-corrected chi connectivity index (χ2v) is 5.92. The molecule has 0 radical (unpaired) electrons. The van der Waals surface area contributed by atoms with E-state index < -0.39 is 0 Å². The summed E-state index contributed by atoms with van der Waals surface area (Å²) in [4.78, 5) is 14.2. The zero-order valence-electron chi connectivity index (χ0n) is 13.2. The molecule has 0 fully saturated rings. The van der Waals surface area contributed by atoms with Crippen molar-refractivity contribution in [3.63, 3.8) is 0 Å². The van der Waals surface area contributed by atoms with Gasteiger partial charge in [-0.3, -0.25) is 4.79 Å². The molecule has 118 valence electrons. The number of benzene rings is 1. The van der Waals surface area contributed by atoms with Crippen LogP contribution in [0.4, 0.5) is 11.4 Å². The SMILES string of the molecule is CCCC(C)N(C)CCCC(=O)Nc1ccc(N)cc1Cl. The summed E-state index contributed by atoms with van der Waals surface area (Å²) >= 11 is 6.03. The van der Waals surface area contributed by atoms with Crippen LogP contribution in [0.3, 0.4) is 0 Å². The van der Waals surface area contributed by atoms with E-state index >= 15 is 0 Å². The third kappa shape index (κ3) is 6.36. The molecule has 21 heavy (non-hydrogen) atoms. The summed E-state index contributed by atoms with van der Waals surface area (Å²) in [6, 6.07) is 5.65. The predicted molar refractivity (Wildman–Crippen MR) is 90.7 cm³/mol. The fourth-order valence-corrected chi connectivity index (χ4v) is 2.43. The Morgan fingerprint density at radius 3 is 2.81 bits per heavy atom. The van der Waals surface area contributed by atoms with Crippen LogP contribution in [0, 0.1) is 0 Å². The van der Waals surface area contributed by atoms with Gasteiger partial charge in [-0.15, -0.1) is 0 Å². The van der Waals surface area contributed by atoms with Gasteiger partial charge in [-0.1, -0.05) is 24.9 Å². The fraction of sp³-hybridized carbons (Fsp3) is 0.562. The van der Waals surface area contributed by atoms with Gasteiger partial charge < -0.3 is 16.0 Å². The van der Waals surface area contributed by atoms with Crippen LogP contribution in [0.15, 0.2) is 18.2 Å². The number of anilines is 2. The van der Waals surface area contributed by atoms with E-state index in [-0.39, 0.29) is 5.91 Å². The molecule has 1 unspecified atom stereocenters. The van der Waals surface area contributed by atoms with Gasteiger partial charge in [0.25, 0.3) is 0 Å². The predicted octanol–water partition coefficient (Wildman–Crippen LogP) is 3.76. The average Bonchev–Trinajstić information content (AvgIpc) is 2.42. The molecule has 0 saturated carbocycles. The molecule has 1 atom stereocenters. The van der Waals surface area contributed by atoms with Crippen LogP contribution in [0.25, 0.3) is 0 Å². The standard InChI is InChI=1S/C16H26ClN3O/c1-4-6-12(2)20(3)10-5-7-16(21)19-15-9-8-13(18)11-14(15)17/h8-9,11-12H,4-7,10,18H2,1-3H3,(H,19,21). The van der Waals surface area contributed by atoms with Crippen LogP contribution in [-0.4, -0.2) is 30.4 Å². The quantitative estimate of drug-likeness (QED) is 0.719. The average molecular weight is 312 g/mol. The minimum Gasteiger partial charge on any atom is -0.399 e. The Kier molecular flexibility index (Phi) is 7.54. The summed E-state index contributed by atoms with van der Waals surface area (Å²) in [7, 11) is 2.11. The van der Waals surface area contributed by atoms with Gasteiger partial charge in [0.1, 0.15) is 0 Å². The largest absolute Gasteiger partial charge is 0.399 e. The highest BCUT2D eigenvalue weighted by molar-refractivity contribution is 6.34. The number of halogens is 1. The van der Waals surface area contributed by atoms with E-state index in [0.29, 0.717) is 28.9 Å². The second kappa shape index (κ2) is 8.90. The summed E-state index contributed by atoms with van der Waals surface area (Å²) in [5, 5.41) is 3.29. The van der Waals surface area contributed by atoms with Gasteiger partial charge in [-0.25, -0.2) is 0 Å². The zero-order chi connectivity index (χ0) is 15.8. The molecule has 5 heteroatoms. The number of carbonyl (C=O) groups excluding carboxylic acids is 1. The lowest BCUT2D eigenvalue weighted by Crippen LogP contribution is -2.30. The molecule has 0 heterocycles. The summed E-state index contributed by atoms with van der Waals surface area (Å²) in [6.45, 7) is 5.33. The maximum Gasteiger partial charge on any atom is 0.224 e. The van der Waals surface area contributed by atoms with Crippen LogP contribution in [-0.2, 0) is 4.79 Å². The summed E-state index contributed by atoms with van der Waals surface area (Å²) in [5.41, 5.74) is 6.82. The summed E-state index contributed by atoms with van der Waals surface area (Å²) < 4.78 is 0. The minimum atomic E-state index is -0.0155. The number of nitrogens with two attached hydrogens (primary N) is 1. The van der Waals surface area contributed by atoms with E-state index in [1.165, 1.54) is 12.8 Å². The first-order valence-electron chi connectivity index (χ1n) is 7.49. The molecular weight excluding hydrogens is 286 g/mol. The molecule has 4 nitrogen and oxygen atoms in total. The molecule has 0 saturated heterocycles. The monoisotopic (exact) mass is 311 g/mol. The van der Waals surface area contributed by atoms with Crippen molar-refractivity contribution in [2.24, 2.45) is 0 Å². The van der Waals surface area contributed by atoms with Crippen molar-refractivity contribution in [2.45, 2.75) is 45.6 Å². The van der Waals surface area contributed by atoms with Gasteiger partial charge >= 0.3 is 0 Å². The number of rotatable bonds is 8. The van der Waals surface area contributed by atoms with Gasteiger partial charge in [0.2, 0.25) is 5.91 Å². The van der Waals surface area contributed by atoms with Gasteiger partial charge in [0.05, 0.1) is 10.7 Å². The first-order valence-corrected chi connectivity index (χ1v) is 7.87. The Bertz CT molecular complexity index is 465. The van der Waals surface area contributed by atoms with Crippen LogP contribution in [0.1, 0.15) is 39.5 Å². The third-order valence-electron chi connectivity index (χ3n) is 3.64. The van der Waals surface area contributed by atoms with Gasteiger partial charge in [0.15, 0.2) is 0 Å². The normalized spacial score (nSPS) is 12.4.